The fourth-order valence-electron chi connectivity index (χ4n) is 3.32. The number of hydrogen-bond acceptors (Lipinski definition) is 4. The van der Waals surface area contributed by atoms with Crippen molar-refractivity contribution in [3.63, 3.8) is 0 Å². The molecule has 0 bridgehead atoms. The average molecular weight is 241 g/mol. The van der Waals surface area contributed by atoms with Gasteiger partial charge in [-0.3, -0.25) is 4.79 Å². The third-order valence-corrected chi connectivity index (χ3v) is 4.71. The molecule has 1 aliphatic carbocycles. The van der Waals surface area contributed by atoms with Gasteiger partial charge in [0.15, 0.2) is 0 Å². The third-order valence-electron chi connectivity index (χ3n) is 4.71. The third kappa shape index (κ3) is 1.97. The second kappa shape index (κ2) is 4.58. The standard InChI is InChI=1S/C13H23NO3/c1-14-9-4-7-13(16,8-10-14)12(5-3-6-12)11(15)17-2/h16H,3-10H2,1-2H3. The molecule has 1 atom stereocenters. The number of likely N-dealkylation sites (tertiary alicyclic amines) is 1. The molecule has 2 rings (SSSR count). The zero-order chi connectivity index (χ0) is 12.5. The van der Waals surface area contributed by atoms with Crippen LogP contribution in [0.2, 0.25) is 0 Å². The van der Waals surface area contributed by atoms with E-state index in [0.717, 1.165) is 38.8 Å². The Bertz CT molecular complexity index is 301. The summed E-state index contributed by atoms with van der Waals surface area (Å²) in [5.74, 6) is -0.212. The van der Waals surface area contributed by atoms with Crippen LogP contribution in [0.15, 0.2) is 0 Å². The predicted octanol–water partition coefficient (Wildman–Crippen LogP) is 1.18. The van der Waals surface area contributed by atoms with Crippen LogP contribution < -0.4 is 0 Å². The van der Waals surface area contributed by atoms with E-state index in [1.165, 1.54) is 7.11 Å². The number of rotatable bonds is 2. The Balaban J connectivity index is 2.20. The van der Waals surface area contributed by atoms with Crippen LogP contribution >= 0.6 is 0 Å². The Morgan fingerprint density at radius 2 is 1.88 bits per heavy atom. The minimum Gasteiger partial charge on any atom is -0.469 e. The normalized spacial score (nSPS) is 33.6. The molecule has 1 saturated heterocycles. The van der Waals surface area contributed by atoms with E-state index in [-0.39, 0.29) is 5.97 Å². The molecule has 4 heteroatoms. The lowest BCUT2D eigenvalue weighted by molar-refractivity contribution is -0.190. The van der Waals surface area contributed by atoms with Gasteiger partial charge in [0.1, 0.15) is 0 Å². The van der Waals surface area contributed by atoms with Crippen LogP contribution in [0.3, 0.4) is 0 Å². The Kier molecular flexibility index (Phi) is 3.46. The first-order valence-corrected chi connectivity index (χ1v) is 6.53. The van der Waals surface area contributed by atoms with Crippen LogP contribution in [0.1, 0.15) is 38.5 Å². The Morgan fingerprint density at radius 1 is 1.18 bits per heavy atom. The lowest BCUT2D eigenvalue weighted by Gasteiger charge is -2.50. The zero-order valence-electron chi connectivity index (χ0n) is 10.9. The highest BCUT2D eigenvalue weighted by atomic mass is 16.5. The van der Waals surface area contributed by atoms with Gasteiger partial charge in [0.25, 0.3) is 0 Å². The summed E-state index contributed by atoms with van der Waals surface area (Å²) < 4.78 is 4.93. The van der Waals surface area contributed by atoms with Crippen LogP contribution in [0, 0.1) is 5.41 Å². The summed E-state index contributed by atoms with van der Waals surface area (Å²) in [5.41, 5.74) is -1.48. The summed E-state index contributed by atoms with van der Waals surface area (Å²) in [6.45, 7) is 1.86. The van der Waals surface area contributed by atoms with E-state index in [2.05, 4.69) is 11.9 Å². The van der Waals surface area contributed by atoms with Crippen LogP contribution in [-0.4, -0.2) is 48.8 Å². The van der Waals surface area contributed by atoms with Crippen molar-refractivity contribution in [3.05, 3.63) is 0 Å². The van der Waals surface area contributed by atoms with Crippen LogP contribution in [0.4, 0.5) is 0 Å². The van der Waals surface area contributed by atoms with E-state index in [9.17, 15) is 9.90 Å². The van der Waals surface area contributed by atoms with Gasteiger partial charge in [0, 0.05) is 6.54 Å². The molecule has 17 heavy (non-hydrogen) atoms. The number of methoxy groups -OCH3 is 1. The number of carbonyl (C=O) groups excluding carboxylic acids is 1. The summed E-state index contributed by atoms with van der Waals surface area (Å²) in [5, 5.41) is 10.9. The maximum absolute atomic E-state index is 12.0. The highest BCUT2D eigenvalue weighted by molar-refractivity contribution is 5.79. The Labute approximate surface area is 103 Å². The number of carbonyl (C=O) groups is 1. The molecule has 0 aromatic carbocycles. The summed E-state index contributed by atoms with van der Waals surface area (Å²) in [6, 6.07) is 0. The van der Waals surface area contributed by atoms with Gasteiger partial charge in [-0.2, -0.15) is 0 Å². The molecule has 0 spiro atoms. The molecule has 0 aromatic heterocycles. The fourth-order valence-corrected chi connectivity index (χ4v) is 3.32. The first kappa shape index (κ1) is 12.8. The van der Waals surface area contributed by atoms with E-state index in [1.54, 1.807) is 0 Å². The van der Waals surface area contributed by atoms with E-state index >= 15 is 0 Å². The van der Waals surface area contributed by atoms with E-state index < -0.39 is 11.0 Å². The minimum absolute atomic E-state index is 0.212. The van der Waals surface area contributed by atoms with Crippen molar-refractivity contribution in [1.29, 1.82) is 0 Å². The van der Waals surface area contributed by atoms with Crippen molar-refractivity contribution in [3.8, 4) is 0 Å². The lowest BCUT2D eigenvalue weighted by atomic mass is 9.56. The minimum atomic E-state index is -0.858. The fraction of sp³-hybridized carbons (Fsp3) is 0.923. The quantitative estimate of drug-likeness (QED) is 0.737. The van der Waals surface area contributed by atoms with Gasteiger partial charge >= 0.3 is 5.97 Å². The number of ether oxygens (including phenoxy) is 1. The molecule has 98 valence electrons. The van der Waals surface area contributed by atoms with Crippen LogP contribution in [-0.2, 0) is 9.53 Å². The Morgan fingerprint density at radius 3 is 2.41 bits per heavy atom. The molecule has 1 heterocycles. The van der Waals surface area contributed by atoms with E-state index in [1.807, 2.05) is 0 Å². The average Bonchev–Trinajstić information content (AvgIpc) is 2.40. The summed E-state index contributed by atoms with van der Waals surface area (Å²) >= 11 is 0. The first-order valence-electron chi connectivity index (χ1n) is 6.53. The smallest absolute Gasteiger partial charge is 0.314 e. The largest absolute Gasteiger partial charge is 0.469 e. The van der Waals surface area contributed by atoms with Gasteiger partial charge in [0.2, 0.25) is 0 Å². The summed E-state index contributed by atoms with van der Waals surface area (Å²) in [4.78, 5) is 14.2. The number of aliphatic hydroxyl groups is 1. The molecular formula is C13H23NO3. The maximum Gasteiger partial charge on any atom is 0.314 e. The molecule has 2 fully saturated rings. The molecule has 0 amide bonds. The lowest BCUT2D eigenvalue weighted by Crippen LogP contribution is -2.58. The molecule has 0 radical (unpaired) electrons. The highest BCUT2D eigenvalue weighted by Gasteiger charge is 2.59. The van der Waals surface area contributed by atoms with Gasteiger partial charge in [-0.1, -0.05) is 6.42 Å². The molecule has 0 aromatic rings. The van der Waals surface area contributed by atoms with Crippen molar-refractivity contribution in [2.24, 2.45) is 5.41 Å². The number of esters is 1. The molecule has 4 nitrogen and oxygen atoms in total. The maximum atomic E-state index is 12.0. The van der Waals surface area contributed by atoms with Gasteiger partial charge in [-0.15, -0.1) is 0 Å². The summed E-state index contributed by atoms with van der Waals surface area (Å²) in [7, 11) is 3.49. The zero-order valence-corrected chi connectivity index (χ0v) is 10.9. The van der Waals surface area contributed by atoms with Crippen molar-refractivity contribution in [2.45, 2.75) is 44.1 Å². The molecule has 1 saturated carbocycles. The van der Waals surface area contributed by atoms with E-state index in [0.29, 0.717) is 12.8 Å². The SMILES string of the molecule is COC(=O)C1(C2(O)CCCN(C)CC2)CCC1. The Hall–Kier alpha value is -0.610. The van der Waals surface area contributed by atoms with Crippen molar-refractivity contribution in [2.75, 3.05) is 27.2 Å². The van der Waals surface area contributed by atoms with Crippen LogP contribution in [0.5, 0.6) is 0 Å². The number of nitrogens with zero attached hydrogens (tertiary/aromatic N) is 1. The second-order valence-electron chi connectivity index (χ2n) is 5.62. The second-order valence-corrected chi connectivity index (χ2v) is 5.62. The first-order chi connectivity index (χ1) is 8.04. The topological polar surface area (TPSA) is 49.8 Å². The summed E-state index contributed by atoms with van der Waals surface area (Å²) in [6.07, 6.45) is 4.92. The molecule has 1 unspecified atom stereocenters. The molecule has 1 N–H and O–H groups in total. The van der Waals surface area contributed by atoms with Gasteiger partial charge < -0.3 is 14.7 Å². The van der Waals surface area contributed by atoms with Gasteiger partial charge in [-0.25, -0.2) is 0 Å². The molecular weight excluding hydrogens is 218 g/mol. The van der Waals surface area contributed by atoms with Gasteiger partial charge in [0.05, 0.1) is 18.1 Å². The van der Waals surface area contributed by atoms with Crippen LogP contribution in [0.25, 0.3) is 0 Å². The van der Waals surface area contributed by atoms with Crippen molar-refractivity contribution in [1.82, 2.24) is 4.90 Å². The highest BCUT2D eigenvalue weighted by Crippen LogP contribution is 2.53. The van der Waals surface area contributed by atoms with Gasteiger partial charge in [-0.05, 0) is 45.7 Å². The molecule has 1 aliphatic heterocycles. The number of hydrogen-bond donors (Lipinski definition) is 1. The predicted molar refractivity (Wildman–Crippen MR) is 64.6 cm³/mol. The van der Waals surface area contributed by atoms with Crippen molar-refractivity contribution < 1.29 is 14.6 Å². The molecule has 2 aliphatic rings. The van der Waals surface area contributed by atoms with E-state index in [4.69, 9.17) is 4.74 Å². The monoisotopic (exact) mass is 241 g/mol. The van der Waals surface area contributed by atoms with Crippen molar-refractivity contribution >= 4 is 5.97 Å².